The maximum Gasteiger partial charge on any atom is 0.0346 e. The van der Waals surface area contributed by atoms with Gasteiger partial charge < -0.3 is 5.73 Å². The van der Waals surface area contributed by atoms with E-state index in [1.54, 1.807) is 0 Å². The fourth-order valence-electron chi connectivity index (χ4n) is 2.95. The van der Waals surface area contributed by atoms with Crippen LogP contribution in [0.3, 0.4) is 0 Å². The quantitative estimate of drug-likeness (QED) is 0.915. The Bertz CT molecular complexity index is 539. The molecular weight excluding hydrogens is 234 g/mol. The minimum Gasteiger partial charge on any atom is -0.330 e. The van der Waals surface area contributed by atoms with Crippen LogP contribution in [0.2, 0.25) is 0 Å². The van der Waals surface area contributed by atoms with Gasteiger partial charge in [-0.25, -0.2) is 0 Å². The number of likely N-dealkylation sites (tertiary alicyclic amines) is 1. The molecule has 3 heteroatoms. The first-order valence-corrected chi connectivity index (χ1v) is 7.11. The zero-order valence-electron chi connectivity index (χ0n) is 11.3. The normalized spacial score (nSPS) is 17.9. The predicted molar refractivity (Wildman–Crippen MR) is 78.8 cm³/mol. The van der Waals surface area contributed by atoms with Crippen LogP contribution >= 0.6 is 0 Å². The van der Waals surface area contributed by atoms with E-state index in [0.29, 0.717) is 0 Å². The summed E-state index contributed by atoms with van der Waals surface area (Å²) in [6, 6.07) is 8.62. The van der Waals surface area contributed by atoms with Crippen molar-refractivity contribution >= 4 is 10.8 Å². The van der Waals surface area contributed by atoms with Gasteiger partial charge >= 0.3 is 0 Å². The molecule has 1 aliphatic heterocycles. The largest absolute Gasteiger partial charge is 0.330 e. The van der Waals surface area contributed by atoms with Crippen LogP contribution in [0, 0.1) is 5.92 Å². The maximum absolute atomic E-state index is 5.75. The van der Waals surface area contributed by atoms with E-state index in [2.05, 4.69) is 34.1 Å². The summed E-state index contributed by atoms with van der Waals surface area (Å²) in [4.78, 5) is 6.74. The highest BCUT2D eigenvalue weighted by Gasteiger charge is 2.18. The molecule has 1 saturated heterocycles. The number of pyridine rings is 1. The lowest BCUT2D eigenvalue weighted by Gasteiger charge is -2.31. The molecule has 0 saturated carbocycles. The van der Waals surface area contributed by atoms with Crippen LogP contribution in [0.5, 0.6) is 0 Å². The first-order chi connectivity index (χ1) is 9.36. The van der Waals surface area contributed by atoms with Crippen LogP contribution in [-0.2, 0) is 6.54 Å². The third kappa shape index (κ3) is 2.77. The van der Waals surface area contributed by atoms with Crippen LogP contribution in [0.25, 0.3) is 10.8 Å². The molecule has 1 fully saturated rings. The molecule has 1 aromatic carbocycles. The Kier molecular flexibility index (Phi) is 3.76. The smallest absolute Gasteiger partial charge is 0.0346 e. The molecule has 0 amide bonds. The number of hydrogen-bond donors (Lipinski definition) is 1. The minimum absolute atomic E-state index is 0.730. The van der Waals surface area contributed by atoms with Gasteiger partial charge in [-0.15, -0.1) is 0 Å². The summed E-state index contributed by atoms with van der Waals surface area (Å²) in [6.07, 6.45) is 6.30. The van der Waals surface area contributed by atoms with Crippen molar-refractivity contribution in [1.82, 2.24) is 9.88 Å². The van der Waals surface area contributed by atoms with Crippen LogP contribution in [0.1, 0.15) is 18.4 Å². The molecule has 0 atom stereocenters. The summed E-state index contributed by atoms with van der Waals surface area (Å²) >= 11 is 0. The summed E-state index contributed by atoms with van der Waals surface area (Å²) in [6.45, 7) is 4.22. The highest BCUT2D eigenvalue weighted by atomic mass is 15.1. The van der Waals surface area contributed by atoms with E-state index in [-0.39, 0.29) is 0 Å². The lowest BCUT2D eigenvalue weighted by Crippen LogP contribution is -2.35. The fourth-order valence-corrected chi connectivity index (χ4v) is 2.95. The molecule has 0 bridgehead atoms. The molecule has 0 spiro atoms. The Balaban J connectivity index is 1.75. The monoisotopic (exact) mass is 255 g/mol. The molecule has 2 heterocycles. The van der Waals surface area contributed by atoms with Crippen LogP contribution in [-0.4, -0.2) is 29.5 Å². The van der Waals surface area contributed by atoms with Crippen molar-refractivity contribution in [2.45, 2.75) is 19.4 Å². The van der Waals surface area contributed by atoms with Crippen molar-refractivity contribution in [2.75, 3.05) is 19.6 Å². The third-order valence-electron chi connectivity index (χ3n) is 4.21. The molecule has 2 aromatic rings. The van der Waals surface area contributed by atoms with Gasteiger partial charge in [0.05, 0.1) is 0 Å². The molecule has 3 rings (SSSR count). The highest BCUT2D eigenvalue weighted by Crippen LogP contribution is 2.22. The second-order valence-corrected chi connectivity index (χ2v) is 5.47. The van der Waals surface area contributed by atoms with E-state index in [1.807, 2.05) is 12.4 Å². The first-order valence-electron chi connectivity index (χ1n) is 7.11. The lowest BCUT2D eigenvalue weighted by molar-refractivity contribution is 0.181. The van der Waals surface area contributed by atoms with Gasteiger partial charge in [0.2, 0.25) is 0 Å². The molecule has 0 unspecified atom stereocenters. The molecule has 2 N–H and O–H groups in total. The van der Waals surface area contributed by atoms with Gasteiger partial charge in [0.25, 0.3) is 0 Å². The number of aromatic nitrogens is 1. The average Bonchev–Trinajstić information content (AvgIpc) is 2.48. The van der Waals surface area contributed by atoms with Gasteiger partial charge in [-0.1, -0.05) is 18.2 Å². The zero-order chi connectivity index (χ0) is 13.1. The number of nitrogens with two attached hydrogens (primary N) is 1. The minimum atomic E-state index is 0.730. The Morgan fingerprint density at radius 3 is 2.84 bits per heavy atom. The molecule has 0 radical (unpaired) electrons. The van der Waals surface area contributed by atoms with Gasteiger partial charge in [0, 0.05) is 24.3 Å². The van der Waals surface area contributed by atoms with E-state index in [4.69, 9.17) is 5.73 Å². The second kappa shape index (κ2) is 5.68. The summed E-state index contributed by atoms with van der Waals surface area (Å²) in [5.74, 6) is 0.730. The summed E-state index contributed by atoms with van der Waals surface area (Å²) in [5, 5.41) is 2.57. The van der Waals surface area contributed by atoms with Gasteiger partial charge in [0.15, 0.2) is 0 Å². The van der Waals surface area contributed by atoms with E-state index < -0.39 is 0 Å². The standard InChI is InChI=1S/C16H21N3/c17-10-13-5-8-19(9-6-13)12-15-3-1-2-14-11-18-7-4-16(14)15/h1-4,7,11,13H,5-6,8-10,12,17H2. The van der Waals surface area contributed by atoms with Crippen LogP contribution < -0.4 is 5.73 Å². The van der Waals surface area contributed by atoms with E-state index in [9.17, 15) is 0 Å². The molecule has 1 aromatic heterocycles. The Morgan fingerprint density at radius 2 is 2.05 bits per heavy atom. The van der Waals surface area contributed by atoms with Crippen LogP contribution in [0.4, 0.5) is 0 Å². The zero-order valence-corrected chi connectivity index (χ0v) is 11.3. The summed E-state index contributed by atoms with van der Waals surface area (Å²) < 4.78 is 0. The van der Waals surface area contributed by atoms with Gasteiger partial charge in [0.1, 0.15) is 0 Å². The molecule has 19 heavy (non-hydrogen) atoms. The molecular formula is C16H21N3. The van der Waals surface area contributed by atoms with Crippen molar-refractivity contribution in [3.63, 3.8) is 0 Å². The molecule has 3 nitrogen and oxygen atoms in total. The fraction of sp³-hybridized carbons (Fsp3) is 0.438. The van der Waals surface area contributed by atoms with Crippen molar-refractivity contribution in [2.24, 2.45) is 11.7 Å². The number of rotatable bonds is 3. The third-order valence-corrected chi connectivity index (χ3v) is 4.21. The molecule has 100 valence electrons. The second-order valence-electron chi connectivity index (χ2n) is 5.47. The van der Waals surface area contributed by atoms with Gasteiger partial charge in [-0.3, -0.25) is 9.88 Å². The molecule has 1 aliphatic rings. The number of hydrogen-bond acceptors (Lipinski definition) is 3. The maximum atomic E-state index is 5.75. The molecule has 0 aliphatic carbocycles. The Labute approximate surface area is 114 Å². The highest BCUT2D eigenvalue weighted by molar-refractivity contribution is 5.84. The summed E-state index contributed by atoms with van der Waals surface area (Å²) in [5.41, 5.74) is 7.16. The average molecular weight is 255 g/mol. The summed E-state index contributed by atoms with van der Waals surface area (Å²) in [7, 11) is 0. The predicted octanol–water partition coefficient (Wildman–Crippen LogP) is 2.41. The van der Waals surface area contributed by atoms with E-state index >= 15 is 0 Å². The van der Waals surface area contributed by atoms with E-state index in [1.165, 1.54) is 42.3 Å². The SMILES string of the molecule is NCC1CCN(Cc2cccc3cnccc23)CC1. The number of nitrogens with zero attached hydrogens (tertiary/aromatic N) is 2. The number of fused-ring (bicyclic) bond motifs is 1. The Morgan fingerprint density at radius 1 is 1.21 bits per heavy atom. The van der Waals surface area contributed by atoms with Crippen molar-refractivity contribution in [1.29, 1.82) is 0 Å². The van der Waals surface area contributed by atoms with Crippen molar-refractivity contribution in [3.05, 3.63) is 42.2 Å². The number of piperidine rings is 1. The van der Waals surface area contributed by atoms with E-state index in [0.717, 1.165) is 19.0 Å². The number of benzene rings is 1. The van der Waals surface area contributed by atoms with Gasteiger partial charge in [-0.2, -0.15) is 0 Å². The Hall–Kier alpha value is -1.45. The van der Waals surface area contributed by atoms with Crippen LogP contribution in [0.15, 0.2) is 36.7 Å². The van der Waals surface area contributed by atoms with Crippen molar-refractivity contribution < 1.29 is 0 Å². The van der Waals surface area contributed by atoms with Crippen molar-refractivity contribution in [3.8, 4) is 0 Å². The first kappa shape index (κ1) is 12.6. The van der Waals surface area contributed by atoms with Gasteiger partial charge in [-0.05, 0) is 55.4 Å². The topological polar surface area (TPSA) is 42.1 Å². The lowest BCUT2D eigenvalue weighted by atomic mass is 9.96.